The number of aromatic amines is 1. The van der Waals surface area contributed by atoms with Crippen LogP contribution in [-0.2, 0) is 13.0 Å². The van der Waals surface area contributed by atoms with E-state index in [1.165, 1.54) is 0 Å². The zero-order valence-corrected chi connectivity index (χ0v) is 16.7. The quantitative estimate of drug-likeness (QED) is 0.680. The maximum atomic E-state index is 14.9. The van der Waals surface area contributed by atoms with Crippen LogP contribution in [0.4, 0.5) is 4.39 Å². The van der Waals surface area contributed by atoms with E-state index < -0.39 is 17.7 Å². The molecule has 0 saturated carbocycles. The van der Waals surface area contributed by atoms with Crippen molar-refractivity contribution in [1.82, 2.24) is 10.1 Å². The van der Waals surface area contributed by atoms with E-state index in [2.05, 4.69) is 19.7 Å². The average molecular weight is 405 g/mol. The maximum absolute atomic E-state index is 14.9. The van der Waals surface area contributed by atoms with E-state index in [-0.39, 0.29) is 35.6 Å². The van der Waals surface area contributed by atoms with E-state index in [1.807, 2.05) is 13.8 Å². The Morgan fingerprint density at radius 3 is 2.79 bits per heavy atom. The van der Waals surface area contributed by atoms with E-state index in [0.717, 1.165) is 16.8 Å². The van der Waals surface area contributed by atoms with Crippen LogP contribution in [0.5, 0.6) is 5.75 Å². The Morgan fingerprint density at radius 1 is 1.45 bits per heavy atom. The first kappa shape index (κ1) is 20.8. The van der Waals surface area contributed by atoms with E-state index in [1.54, 1.807) is 19.9 Å². The van der Waals surface area contributed by atoms with Crippen molar-refractivity contribution in [3.05, 3.63) is 56.4 Å². The smallest absolute Gasteiger partial charge is 0.439 e. The summed E-state index contributed by atoms with van der Waals surface area (Å²) in [7, 11) is 0. The van der Waals surface area contributed by atoms with Crippen LogP contribution < -0.4 is 10.5 Å². The SMILES string of the molecule is Cc1cc(OCc2noc(=O)[nH]2)c(F)c(C)c1CC1=NC(C(C)O)=C(O)CC1C. The van der Waals surface area contributed by atoms with Crippen molar-refractivity contribution in [3.63, 3.8) is 0 Å². The molecule has 8 nitrogen and oxygen atoms in total. The van der Waals surface area contributed by atoms with Gasteiger partial charge in [0.15, 0.2) is 17.4 Å². The molecule has 156 valence electrons. The number of hydrogen-bond donors (Lipinski definition) is 3. The average Bonchev–Trinajstić information content (AvgIpc) is 3.07. The van der Waals surface area contributed by atoms with Gasteiger partial charge in [-0.05, 0) is 43.5 Å². The zero-order chi connectivity index (χ0) is 21.3. The summed E-state index contributed by atoms with van der Waals surface area (Å²) < 4.78 is 24.7. The van der Waals surface area contributed by atoms with Crippen LogP contribution in [-0.4, -0.2) is 32.2 Å². The van der Waals surface area contributed by atoms with Gasteiger partial charge in [0.2, 0.25) is 0 Å². The summed E-state index contributed by atoms with van der Waals surface area (Å²) in [5, 5.41) is 23.4. The normalized spacial score (nSPS) is 18.0. The van der Waals surface area contributed by atoms with Crippen molar-refractivity contribution in [1.29, 1.82) is 0 Å². The van der Waals surface area contributed by atoms with Gasteiger partial charge in [0.05, 0.1) is 6.10 Å². The molecule has 29 heavy (non-hydrogen) atoms. The molecule has 0 bridgehead atoms. The molecule has 1 aromatic carbocycles. The lowest BCUT2D eigenvalue weighted by Crippen LogP contribution is -2.23. The molecule has 0 aliphatic carbocycles. The number of aliphatic hydroxyl groups excluding tert-OH is 2. The molecular formula is C20H24FN3O5. The second kappa shape index (κ2) is 8.20. The summed E-state index contributed by atoms with van der Waals surface area (Å²) in [6.07, 6.45) is -0.0949. The van der Waals surface area contributed by atoms with E-state index in [9.17, 15) is 19.4 Å². The van der Waals surface area contributed by atoms with Gasteiger partial charge in [-0.2, -0.15) is 0 Å². The number of allylic oxidation sites excluding steroid dienone is 1. The van der Waals surface area contributed by atoms with Gasteiger partial charge in [0, 0.05) is 24.5 Å². The van der Waals surface area contributed by atoms with Gasteiger partial charge >= 0.3 is 5.76 Å². The highest BCUT2D eigenvalue weighted by Crippen LogP contribution is 2.31. The maximum Gasteiger partial charge on any atom is 0.439 e. The number of aromatic nitrogens is 2. The Morgan fingerprint density at radius 2 is 2.17 bits per heavy atom. The van der Waals surface area contributed by atoms with Gasteiger partial charge in [-0.15, -0.1) is 0 Å². The van der Waals surface area contributed by atoms with Crippen LogP contribution in [0.1, 0.15) is 42.8 Å². The van der Waals surface area contributed by atoms with E-state index in [0.29, 0.717) is 18.4 Å². The number of rotatable bonds is 6. The van der Waals surface area contributed by atoms with Crippen molar-refractivity contribution in [3.8, 4) is 5.75 Å². The third-order valence-corrected chi connectivity index (χ3v) is 5.05. The molecule has 0 fully saturated rings. The molecule has 0 radical (unpaired) electrons. The Bertz CT molecular complexity index is 1040. The Hall–Kier alpha value is -2.94. The summed E-state index contributed by atoms with van der Waals surface area (Å²) in [5.74, 6) is -0.935. The molecule has 0 spiro atoms. The number of halogens is 1. The number of hydrogen-bond acceptors (Lipinski definition) is 7. The molecule has 2 aromatic rings. The van der Waals surface area contributed by atoms with Crippen molar-refractivity contribution < 1.29 is 23.9 Å². The fourth-order valence-electron chi connectivity index (χ4n) is 3.38. The molecule has 1 aromatic heterocycles. The van der Waals surface area contributed by atoms with Crippen molar-refractivity contribution >= 4 is 5.71 Å². The predicted molar refractivity (Wildman–Crippen MR) is 104 cm³/mol. The summed E-state index contributed by atoms with van der Waals surface area (Å²) in [4.78, 5) is 17.7. The lowest BCUT2D eigenvalue weighted by molar-refractivity contribution is 0.216. The standard InChI is InChI=1S/C20H24FN3O5/c1-9-6-16(28-8-17-23-20(27)29-24-17)18(21)11(3)13(9)7-14-10(2)5-15(26)19(22-14)12(4)25/h6,10,12,25-26H,5,7-8H2,1-4H3,(H,23,24,27). The summed E-state index contributed by atoms with van der Waals surface area (Å²) in [6.45, 7) is 6.87. The second-order valence-electron chi connectivity index (χ2n) is 7.33. The topological polar surface area (TPSA) is 121 Å². The molecule has 2 unspecified atom stereocenters. The van der Waals surface area contributed by atoms with Crippen LogP contribution in [0.2, 0.25) is 0 Å². The predicted octanol–water partition coefficient (Wildman–Crippen LogP) is 2.87. The van der Waals surface area contributed by atoms with Crippen molar-refractivity contribution in [2.45, 2.75) is 53.2 Å². The highest BCUT2D eigenvalue weighted by molar-refractivity contribution is 5.91. The molecular weight excluding hydrogens is 381 g/mol. The monoisotopic (exact) mass is 405 g/mol. The minimum absolute atomic E-state index is 0.0284. The number of aliphatic imine (C=N–C) groups is 1. The summed E-state index contributed by atoms with van der Waals surface area (Å²) >= 11 is 0. The van der Waals surface area contributed by atoms with Crippen LogP contribution in [0.25, 0.3) is 0 Å². The number of aliphatic hydroxyl groups is 2. The number of H-pyrrole nitrogens is 1. The van der Waals surface area contributed by atoms with Gasteiger partial charge in [-0.3, -0.25) is 14.5 Å². The lowest BCUT2D eigenvalue weighted by Gasteiger charge is -2.24. The van der Waals surface area contributed by atoms with Crippen LogP contribution in [0.3, 0.4) is 0 Å². The first-order valence-electron chi connectivity index (χ1n) is 9.31. The van der Waals surface area contributed by atoms with Crippen molar-refractivity contribution in [2.75, 3.05) is 0 Å². The minimum atomic E-state index is -0.879. The number of nitrogens with zero attached hydrogens (tertiary/aromatic N) is 2. The number of benzene rings is 1. The highest BCUT2D eigenvalue weighted by atomic mass is 19.1. The molecule has 1 aliphatic heterocycles. The van der Waals surface area contributed by atoms with Crippen LogP contribution >= 0.6 is 0 Å². The largest absolute Gasteiger partial charge is 0.510 e. The fraction of sp³-hybridized carbons (Fsp3) is 0.450. The zero-order valence-electron chi connectivity index (χ0n) is 16.7. The molecule has 2 atom stereocenters. The minimum Gasteiger partial charge on any atom is -0.510 e. The first-order chi connectivity index (χ1) is 13.7. The Kier molecular flexibility index (Phi) is 5.88. The van der Waals surface area contributed by atoms with Crippen LogP contribution in [0.15, 0.2) is 31.8 Å². The van der Waals surface area contributed by atoms with Gasteiger partial charge in [-0.1, -0.05) is 12.1 Å². The molecule has 3 N–H and O–H groups in total. The van der Waals surface area contributed by atoms with Crippen LogP contribution in [0, 0.1) is 25.6 Å². The first-order valence-corrected chi connectivity index (χ1v) is 9.31. The molecule has 9 heteroatoms. The number of nitrogens with one attached hydrogen (secondary N) is 1. The van der Waals surface area contributed by atoms with Gasteiger partial charge in [0.25, 0.3) is 0 Å². The fourth-order valence-corrected chi connectivity index (χ4v) is 3.38. The van der Waals surface area contributed by atoms with Gasteiger partial charge < -0.3 is 14.9 Å². The summed E-state index contributed by atoms with van der Waals surface area (Å²) in [5.41, 5.74) is 3.07. The third-order valence-electron chi connectivity index (χ3n) is 5.05. The third kappa shape index (κ3) is 4.40. The van der Waals surface area contributed by atoms with Gasteiger partial charge in [-0.25, -0.2) is 9.18 Å². The van der Waals surface area contributed by atoms with Crippen molar-refractivity contribution in [2.24, 2.45) is 10.9 Å². The molecule has 1 aliphatic rings. The molecule has 0 saturated heterocycles. The number of ether oxygens (including phenoxy) is 1. The number of aryl methyl sites for hydroxylation is 1. The Balaban J connectivity index is 1.86. The lowest BCUT2D eigenvalue weighted by atomic mass is 9.88. The van der Waals surface area contributed by atoms with Gasteiger partial charge in [0.1, 0.15) is 18.1 Å². The Labute approximate surface area is 166 Å². The molecule has 0 amide bonds. The van der Waals surface area contributed by atoms with E-state index >= 15 is 0 Å². The summed E-state index contributed by atoms with van der Waals surface area (Å²) in [6, 6.07) is 1.59. The molecule has 3 rings (SSSR count). The molecule has 2 heterocycles. The van der Waals surface area contributed by atoms with E-state index in [4.69, 9.17) is 4.74 Å². The second-order valence-corrected chi connectivity index (χ2v) is 7.33. The highest BCUT2D eigenvalue weighted by Gasteiger charge is 2.25.